The van der Waals surface area contributed by atoms with E-state index in [2.05, 4.69) is 51.8 Å². The fourth-order valence-corrected chi connectivity index (χ4v) is 3.63. The van der Waals surface area contributed by atoms with Crippen LogP contribution >= 0.6 is 11.8 Å². The van der Waals surface area contributed by atoms with Gasteiger partial charge in [-0.3, -0.25) is 4.79 Å². The van der Waals surface area contributed by atoms with Crippen molar-refractivity contribution in [3.8, 4) is 11.3 Å². The molecule has 0 aliphatic heterocycles. The second kappa shape index (κ2) is 8.87. The highest BCUT2D eigenvalue weighted by atomic mass is 32.2. The van der Waals surface area contributed by atoms with Crippen LogP contribution in [0, 0.1) is 6.92 Å². The van der Waals surface area contributed by atoms with Crippen LogP contribution < -0.4 is 5.32 Å². The summed E-state index contributed by atoms with van der Waals surface area (Å²) in [6.07, 6.45) is 0.812. The minimum Gasteiger partial charge on any atom is -0.355 e. The Hall–Kier alpha value is -3.19. The molecule has 7 heteroatoms. The summed E-state index contributed by atoms with van der Waals surface area (Å²) >= 11 is 1.33. The van der Waals surface area contributed by atoms with Crippen molar-refractivity contribution in [3.05, 3.63) is 77.9 Å². The molecular weight excluding hydrogens is 382 g/mol. The zero-order valence-electron chi connectivity index (χ0n) is 16.1. The molecule has 0 radical (unpaired) electrons. The Kier molecular flexibility index (Phi) is 5.86. The van der Waals surface area contributed by atoms with Crippen LogP contribution in [0.1, 0.15) is 11.1 Å². The van der Waals surface area contributed by atoms with E-state index in [1.54, 1.807) is 4.52 Å². The molecule has 146 valence electrons. The van der Waals surface area contributed by atoms with Crippen LogP contribution in [-0.4, -0.2) is 38.0 Å². The van der Waals surface area contributed by atoms with Crippen LogP contribution in [0.4, 0.5) is 0 Å². The number of aryl methyl sites for hydroxylation is 1. The SMILES string of the molecule is Cc1ccc(-c2ccc3nnc(SCC(=O)NCCc4ccccc4)n3n2)cc1. The minimum absolute atomic E-state index is 0.0302. The average Bonchev–Trinajstić information content (AvgIpc) is 3.16. The molecule has 0 spiro atoms. The highest BCUT2D eigenvalue weighted by molar-refractivity contribution is 7.99. The molecule has 1 amide bonds. The zero-order chi connectivity index (χ0) is 20.1. The second-order valence-corrected chi connectivity index (χ2v) is 7.65. The molecule has 6 nitrogen and oxygen atoms in total. The number of thioether (sulfide) groups is 1. The van der Waals surface area contributed by atoms with Crippen LogP contribution in [0.15, 0.2) is 71.9 Å². The quantitative estimate of drug-likeness (QED) is 0.478. The van der Waals surface area contributed by atoms with Crippen molar-refractivity contribution in [2.24, 2.45) is 0 Å². The molecule has 1 N–H and O–H groups in total. The van der Waals surface area contributed by atoms with Gasteiger partial charge in [0.15, 0.2) is 5.65 Å². The smallest absolute Gasteiger partial charge is 0.230 e. The van der Waals surface area contributed by atoms with Gasteiger partial charge in [0.2, 0.25) is 11.1 Å². The van der Waals surface area contributed by atoms with Crippen molar-refractivity contribution in [1.29, 1.82) is 0 Å². The van der Waals surface area contributed by atoms with Crippen LogP contribution in [0.25, 0.3) is 16.9 Å². The Morgan fingerprint density at radius 3 is 2.59 bits per heavy atom. The number of nitrogens with zero attached hydrogens (tertiary/aromatic N) is 4. The van der Waals surface area contributed by atoms with Crippen molar-refractivity contribution in [1.82, 2.24) is 25.1 Å². The number of amides is 1. The van der Waals surface area contributed by atoms with Crippen molar-refractivity contribution in [3.63, 3.8) is 0 Å². The monoisotopic (exact) mass is 403 g/mol. The molecule has 2 aromatic carbocycles. The Balaban J connectivity index is 1.38. The number of rotatable bonds is 7. The molecule has 0 aliphatic rings. The standard InChI is InChI=1S/C22H21N5OS/c1-16-7-9-18(10-8-16)19-11-12-20-24-25-22(27(20)26-19)29-15-21(28)23-14-13-17-5-3-2-4-6-17/h2-12H,13-15H2,1H3,(H,23,28). The van der Waals surface area contributed by atoms with E-state index >= 15 is 0 Å². The number of carbonyl (C=O) groups is 1. The van der Waals surface area contributed by atoms with Gasteiger partial charge in [0.05, 0.1) is 11.4 Å². The third-order valence-electron chi connectivity index (χ3n) is 4.49. The average molecular weight is 404 g/mol. The highest BCUT2D eigenvalue weighted by Crippen LogP contribution is 2.21. The summed E-state index contributed by atoms with van der Waals surface area (Å²) in [5, 5.41) is 16.5. The molecule has 0 atom stereocenters. The summed E-state index contributed by atoms with van der Waals surface area (Å²) in [5.74, 6) is 0.240. The number of hydrogen-bond donors (Lipinski definition) is 1. The molecule has 0 saturated heterocycles. The molecular formula is C22H21N5OS. The summed E-state index contributed by atoms with van der Waals surface area (Å²) in [7, 11) is 0. The first-order valence-corrected chi connectivity index (χ1v) is 10.4. The Bertz CT molecular complexity index is 1110. The van der Waals surface area contributed by atoms with Crippen molar-refractivity contribution >= 4 is 23.3 Å². The molecule has 29 heavy (non-hydrogen) atoms. The van der Waals surface area contributed by atoms with E-state index in [4.69, 9.17) is 0 Å². The lowest BCUT2D eigenvalue weighted by Crippen LogP contribution is -2.27. The molecule has 0 saturated carbocycles. The summed E-state index contributed by atoms with van der Waals surface area (Å²) in [5.41, 5.74) is 4.94. The first-order chi connectivity index (χ1) is 14.2. The molecule has 0 aliphatic carbocycles. The van der Waals surface area contributed by atoms with Crippen LogP contribution in [0.5, 0.6) is 0 Å². The maximum absolute atomic E-state index is 12.2. The van der Waals surface area contributed by atoms with E-state index in [0.717, 1.165) is 17.7 Å². The van der Waals surface area contributed by atoms with E-state index in [1.165, 1.54) is 22.9 Å². The van der Waals surface area contributed by atoms with E-state index in [-0.39, 0.29) is 11.7 Å². The number of hydrogen-bond acceptors (Lipinski definition) is 5. The van der Waals surface area contributed by atoms with Crippen LogP contribution in [0.3, 0.4) is 0 Å². The number of aromatic nitrogens is 4. The second-order valence-electron chi connectivity index (χ2n) is 6.71. The fourth-order valence-electron chi connectivity index (χ4n) is 2.91. The normalized spacial score (nSPS) is 10.9. The lowest BCUT2D eigenvalue weighted by atomic mass is 10.1. The maximum atomic E-state index is 12.2. The number of fused-ring (bicyclic) bond motifs is 1. The van der Waals surface area contributed by atoms with Gasteiger partial charge in [0.25, 0.3) is 0 Å². The van der Waals surface area contributed by atoms with Gasteiger partial charge in [-0.15, -0.1) is 10.2 Å². The van der Waals surface area contributed by atoms with Gasteiger partial charge in [0.1, 0.15) is 0 Å². The topological polar surface area (TPSA) is 72.2 Å². The maximum Gasteiger partial charge on any atom is 0.230 e. The first kappa shape index (κ1) is 19.1. The van der Waals surface area contributed by atoms with E-state index in [1.807, 2.05) is 42.5 Å². The van der Waals surface area contributed by atoms with Crippen molar-refractivity contribution < 1.29 is 4.79 Å². The molecule has 0 bridgehead atoms. The van der Waals surface area contributed by atoms with Gasteiger partial charge in [0, 0.05) is 12.1 Å². The van der Waals surface area contributed by atoms with Gasteiger partial charge in [-0.05, 0) is 31.0 Å². The number of carbonyl (C=O) groups excluding carboxylic acids is 1. The van der Waals surface area contributed by atoms with Gasteiger partial charge in [-0.1, -0.05) is 71.9 Å². The first-order valence-electron chi connectivity index (χ1n) is 9.42. The Morgan fingerprint density at radius 2 is 1.79 bits per heavy atom. The van der Waals surface area contributed by atoms with E-state index in [0.29, 0.717) is 17.3 Å². The Morgan fingerprint density at radius 1 is 1.00 bits per heavy atom. The van der Waals surface area contributed by atoms with Crippen molar-refractivity contribution in [2.75, 3.05) is 12.3 Å². The van der Waals surface area contributed by atoms with Crippen LogP contribution in [-0.2, 0) is 11.2 Å². The summed E-state index contributed by atoms with van der Waals surface area (Å²) in [4.78, 5) is 12.2. The predicted octanol–water partition coefficient (Wildman–Crippen LogP) is 3.55. The molecule has 0 unspecified atom stereocenters. The van der Waals surface area contributed by atoms with Gasteiger partial charge < -0.3 is 5.32 Å². The van der Waals surface area contributed by atoms with Gasteiger partial charge >= 0.3 is 0 Å². The summed E-state index contributed by atoms with van der Waals surface area (Å²) in [6.45, 7) is 2.67. The predicted molar refractivity (Wildman–Crippen MR) is 115 cm³/mol. The third kappa shape index (κ3) is 4.81. The number of benzene rings is 2. The lowest BCUT2D eigenvalue weighted by molar-refractivity contribution is -0.118. The molecule has 4 aromatic rings. The van der Waals surface area contributed by atoms with Gasteiger partial charge in [-0.2, -0.15) is 9.61 Å². The molecule has 2 aromatic heterocycles. The van der Waals surface area contributed by atoms with Crippen LogP contribution in [0.2, 0.25) is 0 Å². The highest BCUT2D eigenvalue weighted by Gasteiger charge is 2.11. The van der Waals surface area contributed by atoms with E-state index in [9.17, 15) is 4.79 Å². The number of nitrogens with one attached hydrogen (secondary N) is 1. The molecule has 0 fully saturated rings. The molecule has 4 rings (SSSR count). The van der Waals surface area contributed by atoms with Gasteiger partial charge in [-0.25, -0.2) is 0 Å². The summed E-state index contributed by atoms with van der Waals surface area (Å²) < 4.78 is 1.69. The minimum atomic E-state index is -0.0302. The summed E-state index contributed by atoms with van der Waals surface area (Å²) in [6, 6.07) is 22.1. The largest absolute Gasteiger partial charge is 0.355 e. The Labute approximate surface area is 173 Å². The zero-order valence-corrected chi connectivity index (χ0v) is 16.9. The lowest BCUT2D eigenvalue weighted by Gasteiger charge is -2.05. The van der Waals surface area contributed by atoms with Crippen molar-refractivity contribution in [2.45, 2.75) is 18.5 Å². The fraction of sp³-hybridized carbons (Fsp3) is 0.182. The third-order valence-corrected chi connectivity index (χ3v) is 5.41. The molecule has 2 heterocycles. The van der Waals surface area contributed by atoms with E-state index < -0.39 is 0 Å².